The molecule has 0 fully saturated rings. The van der Waals surface area contributed by atoms with Gasteiger partial charge in [0.2, 0.25) is 20.2 Å². The third kappa shape index (κ3) is 3.64. The van der Waals surface area contributed by atoms with Gasteiger partial charge in [-0.2, -0.15) is 9.39 Å². The first-order valence-electron chi connectivity index (χ1n) is 9.30. The number of carbonyl (C=O) groups is 1. The number of aromatic nitrogens is 1. The van der Waals surface area contributed by atoms with Gasteiger partial charge in [-0.05, 0) is 55.8 Å². The highest BCUT2D eigenvalue weighted by atomic mass is 35.5. The van der Waals surface area contributed by atoms with Crippen LogP contribution in [0.25, 0.3) is 11.8 Å². The first kappa shape index (κ1) is 21.5. The van der Waals surface area contributed by atoms with E-state index in [1.54, 1.807) is 18.2 Å². The van der Waals surface area contributed by atoms with Crippen molar-refractivity contribution in [1.82, 2.24) is 9.47 Å². The van der Waals surface area contributed by atoms with Crippen molar-refractivity contribution in [3.63, 3.8) is 0 Å². The summed E-state index contributed by atoms with van der Waals surface area (Å²) in [7, 11) is -3.69. The summed E-state index contributed by atoms with van der Waals surface area (Å²) in [6.07, 6.45) is 1.57. The number of halogens is 1. The van der Waals surface area contributed by atoms with Gasteiger partial charge in [-0.15, -0.1) is 0 Å². The Hall–Kier alpha value is -2.69. The lowest BCUT2D eigenvalue weighted by molar-refractivity contribution is -0.114. The van der Waals surface area contributed by atoms with Crippen molar-refractivity contribution in [2.24, 2.45) is 9.39 Å². The van der Waals surface area contributed by atoms with Gasteiger partial charge in [0.25, 0.3) is 5.91 Å². The summed E-state index contributed by atoms with van der Waals surface area (Å²) < 4.78 is 30.7. The molecule has 1 N–H and O–H groups in total. The molecule has 4 rings (SSSR count). The summed E-state index contributed by atoms with van der Waals surface area (Å²) >= 11 is 6.77. The molecule has 0 radical (unpaired) electrons. The molecule has 11 heteroatoms. The molecule has 2 aliphatic rings. The molecule has 2 aliphatic heterocycles. The Labute approximate surface area is 188 Å². The Morgan fingerprint density at radius 2 is 1.90 bits per heavy atom. The van der Waals surface area contributed by atoms with Crippen molar-refractivity contribution >= 4 is 61.5 Å². The molecule has 1 aromatic heterocycles. The lowest BCUT2D eigenvalue weighted by atomic mass is 10.1. The van der Waals surface area contributed by atoms with Crippen LogP contribution in [0.5, 0.6) is 0 Å². The molecule has 0 atom stereocenters. The van der Waals surface area contributed by atoms with Crippen molar-refractivity contribution in [2.75, 3.05) is 5.75 Å². The van der Waals surface area contributed by atoms with Crippen molar-refractivity contribution in [1.29, 1.82) is 5.41 Å². The van der Waals surface area contributed by atoms with Crippen LogP contribution in [0, 0.1) is 19.3 Å². The number of aliphatic imine (C=N–C) groups is 1. The molecular weight excluding hydrogens is 458 g/mol. The summed E-state index contributed by atoms with van der Waals surface area (Å²) in [5.74, 6) is -1.03. The number of sulfone groups is 1. The molecule has 8 nitrogen and oxygen atoms in total. The van der Waals surface area contributed by atoms with E-state index < -0.39 is 15.7 Å². The second kappa shape index (κ2) is 7.77. The molecule has 3 heterocycles. The zero-order valence-corrected chi connectivity index (χ0v) is 19.3. The lowest BCUT2D eigenvalue weighted by Crippen LogP contribution is -2.45. The van der Waals surface area contributed by atoms with E-state index >= 15 is 0 Å². The minimum Gasteiger partial charge on any atom is -0.318 e. The largest absolute Gasteiger partial charge is 0.318 e. The number of aryl methyl sites for hydroxylation is 1. The fraction of sp³-hybridized carbons (Fsp3) is 0.200. The van der Waals surface area contributed by atoms with Crippen LogP contribution in [0.3, 0.4) is 0 Å². The predicted octanol–water partition coefficient (Wildman–Crippen LogP) is 3.76. The van der Waals surface area contributed by atoms with Crippen LogP contribution in [-0.2, 0) is 14.6 Å². The Morgan fingerprint density at radius 1 is 1.23 bits per heavy atom. The molecule has 2 aromatic rings. The maximum Gasteiger partial charge on any atom is 0.283 e. The highest BCUT2D eigenvalue weighted by molar-refractivity contribution is 8.16. The Kier molecular flexibility index (Phi) is 5.40. The van der Waals surface area contributed by atoms with Gasteiger partial charge in [0.15, 0.2) is 0 Å². The van der Waals surface area contributed by atoms with Crippen molar-refractivity contribution in [3.05, 3.63) is 57.9 Å². The SMILES string of the molecule is CCS(=O)(=O)C1=NSC2=NC(=O)/C(=C\c3cc(C)n(-c4ccc(Cl)cc4)c3C)C(=N)N21. The molecule has 0 aliphatic carbocycles. The third-order valence-corrected chi connectivity index (χ3v) is 7.67. The van der Waals surface area contributed by atoms with Crippen LogP contribution < -0.4 is 0 Å². The minimum absolute atomic E-state index is 0.00149. The van der Waals surface area contributed by atoms with Crippen LogP contribution in [0.4, 0.5) is 0 Å². The monoisotopic (exact) mass is 475 g/mol. The van der Waals surface area contributed by atoms with E-state index in [9.17, 15) is 13.2 Å². The third-order valence-electron chi connectivity index (χ3n) is 5.01. The highest BCUT2D eigenvalue weighted by Crippen LogP contribution is 2.31. The van der Waals surface area contributed by atoms with Gasteiger partial charge in [-0.3, -0.25) is 10.2 Å². The number of carbonyl (C=O) groups excluding carboxylic acids is 1. The van der Waals surface area contributed by atoms with E-state index in [-0.39, 0.29) is 27.5 Å². The summed E-state index contributed by atoms with van der Waals surface area (Å²) in [6, 6.07) is 9.27. The van der Waals surface area contributed by atoms with Gasteiger partial charge in [0.05, 0.1) is 23.3 Å². The van der Waals surface area contributed by atoms with Gasteiger partial charge in [-0.25, -0.2) is 13.3 Å². The van der Waals surface area contributed by atoms with E-state index in [2.05, 4.69) is 9.39 Å². The van der Waals surface area contributed by atoms with Crippen molar-refractivity contribution in [3.8, 4) is 5.69 Å². The number of nitrogens with one attached hydrogen (secondary N) is 1. The van der Waals surface area contributed by atoms with Crippen LogP contribution in [0.15, 0.2) is 45.3 Å². The molecule has 0 saturated carbocycles. The molecule has 0 unspecified atom stereocenters. The second-order valence-electron chi connectivity index (χ2n) is 6.95. The van der Waals surface area contributed by atoms with Gasteiger partial charge in [-0.1, -0.05) is 18.5 Å². The van der Waals surface area contributed by atoms with E-state index in [1.165, 1.54) is 6.92 Å². The van der Waals surface area contributed by atoms with Gasteiger partial charge in [0, 0.05) is 22.1 Å². The molecule has 160 valence electrons. The summed E-state index contributed by atoms with van der Waals surface area (Å²) in [4.78, 5) is 17.7. The van der Waals surface area contributed by atoms with E-state index in [4.69, 9.17) is 17.0 Å². The molecule has 1 amide bonds. The van der Waals surface area contributed by atoms with Crippen molar-refractivity contribution in [2.45, 2.75) is 20.8 Å². The Morgan fingerprint density at radius 3 is 2.55 bits per heavy atom. The summed E-state index contributed by atoms with van der Waals surface area (Å²) in [5, 5.41) is 8.97. The van der Waals surface area contributed by atoms with Crippen LogP contribution in [0.2, 0.25) is 5.02 Å². The number of nitrogens with zero attached hydrogens (tertiary/aromatic N) is 4. The molecule has 1 aromatic carbocycles. The van der Waals surface area contributed by atoms with Gasteiger partial charge < -0.3 is 4.57 Å². The summed E-state index contributed by atoms with van der Waals surface area (Å²) in [5.41, 5.74) is 3.42. The zero-order chi connectivity index (χ0) is 22.5. The van der Waals surface area contributed by atoms with Crippen LogP contribution >= 0.6 is 23.5 Å². The Balaban J connectivity index is 1.77. The average Bonchev–Trinajstić information content (AvgIpc) is 3.27. The number of amidine groups is 3. The summed E-state index contributed by atoms with van der Waals surface area (Å²) in [6.45, 7) is 5.34. The van der Waals surface area contributed by atoms with E-state index in [0.29, 0.717) is 5.02 Å². The van der Waals surface area contributed by atoms with E-state index in [1.807, 2.05) is 36.6 Å². The zero-order valence-electron chi connectivity index (χ0n) is 16.9. The van der Waals surface area contributed by atoms with Crippen LogP contribution in [0.1, 0.15) is 23.9 Å². The number of hydrogen-bond donors (Lipinski definition) is 1. The molecule has 31 heavy (non-hydrogen) atoms. The Bertz CT molecular complexity index is 1320. The minimum atomic E-state index is -3.69. The molecule has 0 spiro atoms. The fourth-order valence-electron chi connectivity index (χ4n) is 3.41. The lowest BCUT2D eigenvalue weighted by Gasteiger charge is -2.24. The highest BCUT2D eigenvalue weighted by Gasteiger charge is 2.42. The quantitative estimate of drug-likeness (QED) is 0.537. The molecular formula is C20H18ClN5O3S2. The number of fused-ring (bicyclic) bond motifs is 1. The number of amides is 1. The number of hydrogen-bond acceptors (Lipinski definition) is 6. The maximum atomic E-state index is 12.6. The van der Waals surface area contributed by atoms with Gasteiger partial charge >= 0.3 is 0 Å². The fourth-order valence-corrected chi connectivity index (χ4v) is 5.49. The topological polar surface area (TPSA) is 108 Å². The normalized spacial score (nSPS) is 17.8. The number of rotatable bonds is 3. The molecule has 0 bridgehead atoms. The first-order chi connectivity index (χ1) is 14.6. The van der Waals surface area contributed by atoms with E-state index in [0.717, 1.165) is 39.5 Å². The van der Waals surface area contributed by atoms with Crippen molar-refractivity contribution < 1.29 is 13.2 Å². The van der Waals surface area contributed by atoms with Gasteiger partial charge in [0.1, 0.15) is 5.84 Å². The standard InChI is InChI=1S/C20H18ClN5O3S2/c1-4-31(28,29)20-24-30-19-23-18(27)16(17(22)26(19)20)10-13-9-11(2)25(12(13)3)15-7-5-14(21)6-8-15/h5-10,22H,4H2,1-3H3/b16-10-,22-17?. The number of benzene rings is 1. The molecule has 0 saturated heterocycles. The average molecular weight is 476 g/mol. The smallest absolute Gasteiger partial charge is 0.283 e. The predicted molar refractivity (Wildman–Crippen MR) is 125 cm³/mol. The maximum absolute atomic E-state index is 12.6. The van der Waals surface area contributed by atoms with Crippen LogP contribution in [-0.4, -0.2) is 45.7 Å². The first-order valence-corrected chi connectivity index (χ1v) is 12.1. The second-order valence-corrected chi connectivity index (χ2v) is 10.3.